The molecule has 4 N–H and O–H groups in total. The van der Waals surface area contributed by atoms with E-state index in [1.165, 1.54) is 71.4 Å². The van der Waals surface area contributed by atoms with Crippen LogP contribution in [0.15, 0.2) is 92.4 Å². The molecule has 4 aromatic carbocycles. The molecule has 4 aromatic rings. The lowest BCUT2D eigenvalue weighted by molar-refractivity contribution is 0.101. The lowest BCUT2D eigenvalue weighted by Crippen LogP contribution is -2.31. The number of sulfonamides is 2. The Morgan fingerprint density at radius 1 is 0.533 bits per heavy atom. The van der Waals surface area contributed by atoms with E-state index >= 15 is 0 Å². The van der Waals surface area contributed by atoms with E-state index in [1.807, 2.05) is 0 Å². The molecule has 0 aliphatic rings. The van der Waals surface area contributed by atoms with Gasteiger partial charge in [-0.15, -0.1) is 0 Å². The monoisotopic (exact) mass is 908 g/mol. The summed E-state index contributed by atoms with van der Waals surface area (Å²) in [5, 5.41) is 4.92. The number of nitrogens with one attached hydrogen (secondary N) is 2. The molecule has 0 fully saturated rings. The van der Waals surface area contributed by atoms with Crippen molar-refractivity contribution < 1.29 is 61.8 Å². The van der Waals surface area contributed by atoms with Crippen LogP contribution in [-0.4, -0.2) is 104 Å². The normalized spacial score (nSPS) is 12.5. The molecular formula is C38H44N4O14S4. The summed E-state index contributed by atoms with van der Waals surface area (Å²) in [6.45, 7) is 7.20. The van der Waals surface area contributed by atoms with Crippen molar-refractivity contribution in [3.63, 3.8) is 0 Å². The molecule has 4 rings (SSSR count). The second-order valence-corrected chi connectivity index (χ2v) is 19.2. The van der Waals surface area contributed by atoms with Gasteiger partial charge in [-0.05, 0) is 71.8 Å². The highest BCUT2D eigenvalue weighted by Gasteiger charge is 2.29. The highest BCUT2D eigenvalue weighted by molar-refractivity contribution is 7.89. The van der Waals surface area contributed by atoms with Gasteiger partial charge in [0.15, 0.2) is 0 Å². The van der Waals surface area contributed by atoms with E-state index in [-0.39, 0.29) is 81.1 Å². The predicted molar refractivity (Wildman–Crippen MR) is 224 cm³/mol. The minimum absolute atomic E-state index is 0.00661. The zero-order chi connectivity index (χ0) is 44.8. The first-order chi connectivity index (χ1) is 28.1. The molecule has 0 aliphatic heterocycles. The summed E-state index contributed by atoms with van der Waals surface area (Å²) in [4.78, 5) is 24.6. The number of carbonyl (C=O) groups is 2. The summed E-state index contributed by atoms with van der Waals surface area (Å²) in [5.41, 5.74) is -0.840. The number of rotatable bonds is 18. The maximum atomic E-state index is 13.3. The molecule has 18 nitrogen and oxygen atoms in total. The van der Waals surface area contributed by atoms with E-state index in [2.05, 4.69) is 10.6 Å². The topological polar surface area (TPSA) is 260 Å². The van der Waals surface area contributed by atoms with Crippen molar-refractivity contribution in [2.75, 3.05) is 51.0 Å². The Morgan fingerprint density at radius 3 is 1.15 bits per heavy atom. The fraction of sp³-hybridized carbons (Fsp3) is 0.263. The van der Waals surface area contributed by atoms with E-state index in [1.54, 1.807) is 27.7 Å². The molecule has 0 saturated carbocycles. The number of benzene rings is 4. The number of anilines is 2. The molecule has 0 saturated heterocycles. The first kappa shape index (κ1) is 47.5. The van der Waals surface area contributed by atoms with Crippen molar-refractivity contribution in [2.24, 2.45) is 0 Å². The van der Waals surface area contributed by atoms with Gasteiger partial charge in [-0.2, -0.15) is 25.4 Å². The Morgan fingerprint density at radius 2 is 0.867 bits per heavy atom. The minimum Gasteiger partial charge on any atom is -0.495 e. The highest BCUT2D eigenvalue weighted by Crippen LogP contribution is 2.31. The van der Waals surface area contributed by atoms with Gasteiger partial charge in [0, 0.05) is 48.7 Å². The zero-order valence-corrected chi connectivity index (χ0v) is 36.5. The minimum atomic E-state index is -4.99. The number of amides is 2. The molecule has 22 heteroatoms. The van der Waals surface area contributed by atoms with Crippen LogP contribution in [0.2, 0.25) is 0 Å². The van der Waals surface area contributed by atoms with Gasteiger partial charge in [0.05, 0.1) is 14.2 Å². The average molecular weight is 909 g/mol. The summed E-state index contributed by atoms with van der Waals surface area (Å²) >= 11 is 0. The molecule has 0 bridgehead atoms. The summed E-state index contributed by atoms with van der Waals surface area (Å²) in [7, 11) is -15.6. The summed E-state index contributed by atoms with van der Waals surface area (Å²) in [6, 6.07) is 14.2. The summed E-state index contributed by atoms with van der Waals surface area (Å²) < 4.78 is 136. The third-order valence-electron chi connectivity index (χ3n) is 9.04. The first-order valence-electron chi connectivity index (χ1n) is 18.0. The third kappa shape index (κ3) is 10.6. The fourth-order valence-corrected chi connectivity index (χ4v) is 10.7. The molecule has 0 aliphatic carbocycles. The number of carbonyl (C=O) groups excluding carboxylic acids is 2. The molecule has 0 spiro atoms. The third-order valence-corrected chi connectivity index (χ3v) is 15.0. The summed E-state index contributed by atoms with van der Waals surface area (Å²) in [5.74, 6) is -1.68. The SMILES string of the molecule is CCN(CC)S(=O)(=O)c1cc(C(=O)Nc2ccc(C=Cc3ccc(NC(=O)c4ccc(OC)c(S(=O)(=O)N(CC)CC)c4)cc3S(=O)(=O)O)c(S(=O)(=O)O)c2)ccc1OC. The number of hydrogen-bond donors (Lipinski definition) is 4. The van der Waals surface area contributed by atoms with E-state index < -0.39 is 61.9 Å². The summed E-state index contributed by atoms with van der Waals surface area (Å²) in [6.07, 6.45) is 2.22. The van der Waals surface area contributed by atoms with Gasteiger partial charge in [-0.25, -0.2) is 16.8 Å². The molecule has 0 atom stereocenters. The number of ether oxygens (including phenoxy) is 2. The van der Waals surface area contributed by atoms with Crippen LogP contribution in [0.25, 0.3) is 12.2 Å². The van der Waals surface area contributed by atoms with Crippen LogP contribution in [0, 0.1) is 0 Å². The van der Waals surface area contributed by atoms with Crippen molar-refractivity contribution in [3.05, 3.63) is 95.1 Å². The maximum Gasteiger partial charge on any atom is 0.295 e. The van der Waals surface area contributed by atoms with Crippen LogP contribution in [0.3, 0.4) is 0 Å². The molecular weight excluding hydrogens is 865 g/mol. The van der Waals surface area contributed by atoms with Gasteiger partial charge in [0.25, 0.3) is 32.1 Å². The van der Waals surface area contributed by atoms with E-state index in [9.17, 15) is 52.4 Å². The van der Waals surface area contributed by atoms with Crippen LogP contribution in [0.1, 0.15) is 59.5 Å². The standard InChI is InChI=1S/C38H44N4O14S4/c1-7-41(8-2)57(45,46)35-21-27(15-19-31(35)55-5)37(43)39-29-17-13-25(33(23-29)59(49,50)51)11-12-26-14-18-30(24-34(26)60(52,53)54)40-38(44)28-16-20-32(56-6)36(22-28)58(47,48)42(9-3)10-4/h11-24H,7-10H2,1-6H3,(H,39,43)(H,40,44)(H,49,50,51)(H,52,53,54). The second kappa shape index (κ2) is 19.0. The largest absolute Gasteiger partial charge is 0.495 e. The zero-order valence-electron chi connectivity index (χ0n) is 33.2. The van der Waals surface area contributed by atoms with E-state index in [4.69, 9.17) is 9.47 Å². The van der Waals surface area contributed by atoms with Crippen molar-refractivity contribution in [2.45, 2.75) is 47.3 Å². The molecule has 0 unspecified atom stereocenters. The highest BCUT2D eigenvalue weighted by atomic mass is 32.2. The molecule has 0 radical (unpaired) electrons. The number of methoxy groups -OCH3 is 2. The molecule has 324 valence electrons. The van der Waals surface area contributed by atoms with Crippen molar-refractivity contribution >= 4 is 75.6 Å². The molecule has 0 aromatic heterocycles. The van der Waals surface area contributed by atoms with Crippen LogP contribution in [0.4, 0.5) is 11.4 Å². The van der Waals surface area contributed by atoms with E-state index in [0.717, 1.165) is 36.4 Å². The van der Waals surface area contributed by atoms with Crippen LogP contribution < -0.4 is 20.1 Å². The Labute approximate surface area is 349 Å². The van der Waals surface area contributed by atoms with Gasteiger partial charge in [-0.3, -0.25) is 18.7 Å². The van der Waals surface area contributed by atoms with E-state index in [0.29, 0.717) is 0 Å². The quantitative estimate of drug-likeness (QED) is 0.0763. The van der Waals surface area contributed by atoms with Crippen molar-refractivity contribution in [1.82, 2.24) is 8.61 Å². The van der Waals surface area contributed by atoms with Gasteiger partial charge < -0.3 is 20.1 Å². The number of nitrogens with zero attached hydrogens (tertiary/aromatic N) is 2. The smallest absolute Gasteiger partial charge is 0.295 e. The Kier molecular flexibility index (Phi) is 15.1. The van der Waals surface area contributed by atoms with Gasteiger partial charge in [0.1, 0.15) is 31.1 Å². The van der Waals surface area contributed by atoms with Crippen molar-refractivity contribution in [3.8, 4) is 11.5 Å². The van der Waals surface area contributed by atoms with Crippen LogP contribution >= 0.6 is 0 Å². The van der Waals surface area contributed by atoms with Crippen molar-refractivity contribution in [1.29, 1.82) is 0 Å². The average Bonchev–Trinajstić information content (AvgIpc) is 3.20. The lowest BCUT2D eigenvalue weighted by atomic mass is 10.1. The van der Waals surface area contributed by atoms with Crippen LogP contribution in [-0.2, 0) is 40.3 Å². The first-order valence-corrected chi connectivity index (χ1v) is 23.7. The fourth-order valence-electron chi connectivity index (χ4n) is 5.98. The molecule has 60 heavy (non-hydrogen) atoms. The predicted octanol–water partition coefficient (Wildman–Crippen LogP) is 4.93. The molecule has 0 heterocycles. The maximum absolute atomic E-state index is 13.3. The Hall–Kier alpha value is -5.20. The van der Waals surface area contributed by atoms with Gasteiger partial charge in [0.2, 0.25) is 20.0 Å². The van der Waals surface area contributed by atoms with Gasteiger partial charge >= 0.3 is 0 Å². The second-order valence-electron chi connectivity index (χ2n) is 12.6. The Bertz CT molecular complexity index is 2580. The van der Waals surface area contributed by atoms with Crippen LogP contribution in [0.5, 0.6) is 11.5 Å². The van der Waals surface area contributed by atoms with Gasteiger partial charge in [-0.1, -0.05) is 52.0 Å². The lowest BCUT2D eigenvalue weighted by Gasteiger charge is -2.20. The number of hydrogen-bond acceptors (Lipinski definition) is 12. The molecule has 2 amide bonds. The Balaban J connectivity index is 1.65.